The molecule has 26 heavy (non-hydrogen) atoms. The van der Waals surface area contributed by atoms with Gasteiger partial charge in [0.05, 0.1) is 4.92 Å². The lowest BCUT2D eigenvalue weighted by molar-refractivity contribution is -0.384. The number of amides is 1. The standard InChI is InChI=1S/C17H14N4O4S/c22-17(19-9-12-5-7-18-8-6-12)15-11-26-16(20-15)10-25-14-3-1-13(2-4-14)21(23)24/h1-8,11H,9-10H2,(H,19,22). The molecule has 3 rings (SSSR count). The number of pyridine rings is 1. The van der Waals surface area contributed by atoms with Crippen molar-refractivity contribution in [1.29, 1.82) is 0 Å². The predicted molar refractivity (Wildman–Crippen MR) is 94.9 cm³/mol. The summed E-state index contributed by atoms with van der Waals surface area (Å²) in [5.41, 5.74) is 1.27. The van der Waals surface area contributed by atoms with E-state index >= 15 is 0 Å². The summed E-state index contributed by atoms with van der Waals surface area (Å²) < 4.78 is 5.54. The molecular weight excluding hydrogens is 356 g/mol. The van der Waals surface area contributed by atoms with E-state index in [1.807, 2.05) is 12.1 Å². The molecule has 0 bridgehead atoms. The van der Waals surface area contributed by atoms with Crippen LogP contribution in [0.15, 0.2) is 54.2 Å². The van der Waals surface area contributed by atoms with Crippen LogP contribution in [0.2, 0.25) is 0 Å². The monoisotopic (exact) mass is 370 g/mol. The Morgan fingerprint density at radius 2 is 1.92 bits per heavy atom. The highest BCUT2D eigenvalue weighted by molar-refractivity contribution is 7.09. The summed E-state index contributed by atoms with van der Waals surface area (Å²) in [6.07, 6.45) is 3.33. The van der Waals surface area contributed by atoms with Gasteiger partial charge in [0.25, 0.3) is 11.6 Å². The second-order valence-corrected chi connectivity index (χ2v) is 6.15. The van der Waals surface area contributed by atoms with Crippen LogP contribution in [0.3, 0.4) is 0 Å². The number of nitro benzene ring substituents is 1. The molecule has 0 aliphatic carbocycles. The fourth-order valence-electron chi connectivity index (χ4n) is 2.06. The number of thiazole rings is 1. The Morgan fingerprint density at radius 3 is 2.62 bits per heavy atom. The second-order valence-electron chi connectivity index (χ2n) is 5.20. The molecule has 0 saturated carbocycles. The first-order valence-electron chi connectivity index (χ1n) is 7.60. The maximum atomic E-state index is 12.1. The quantitative estimate of drug-likeness (QED) is 0.506. The Balaban J connectivity index is 1.52. The molecule has 2 aromatic heterocycles. The normalized spacial score (nSPS) is 10.3. The van der Waals surface area contributed by atoms with Crippen molar-refractivity contribution in [3.8, 4) is 5.75 Å². The Kier molecular flexibility index (Phi) is 5.49. The van der Waals surface area contributed by atoms with Crippen LogP contribution in [-0.2, 0) is 13.2 Å². The van der Waals surface area contributed by atoms with Gasteiger partial charge in [0.1, 0.15) is 23.1 Å². The Bertz CT molecular complexity index is 897. The minimum absolute atomic E-state index is 0.000228. The number of non-ortho nitro benzene ring substituents is 1. The number of carbonyl (C=O) groups excluding carboxylic acids is 1. The van der Waals surface area contributed by atoms with E-state index in [0.29, 0.717) is 23.0 Å². The Labute approximate surface area is 152 Å². The number of carbonyl (C=O) groups is 1. The average Bonchev–Trinajstić information content (AvgIpc) is 3.15. The van der Waals surface area contributed by atoms with Gasteiger partial charge in [-0.3, -0.25) is 19.9 Å². The highest BCUT2D eigenvalue weighted by Crippen LogP contribution is 2.19. The number of nitrogens with zero attached hydrogens (tertiary/aromatic N) is 3. The lowest BCUT2D eigenvalue weighted by Gasteiger charge is -2.04. The second kappa shape index (κ2) is 8.17. The smallest absolute Gasteiger partial charge is 0.271 e. The molecule has 132 valence electrons. The van der Waals surface area contributed by atoms with Crippen LogP contribution in [-0.4, -0.2) is 20.8 Å². The maximum Gasteiger partial charge on any atom is 0.271 e. The zero-order valence-electron chi connectivity index (χ0n) is 13.5. The number of hydrogen-bond donors (Lipinski definition) is 1. The molecular formula is C17H14N4O4S. The summed E-state index contributed by atoms with van der Waals surface area (Å²) in [6.45, 7) is 0.577. The van der Waals surface area contributed by atoms with Crippen LogP contribution in [0.1, 0.15) is 21.1 Å². The molecule has 2 heterocycles. The van der Waals surface area contributed by atoms with Crippen molar-refractivity contribution in [3.63, 3.8) is 0 Å². The molecule has 0 spiro atoms. The van der Waals surface area contributed by atoms with E-state index in [2.05, 4.69) is 15.3 Å². The van der Waals surface area contributed by atoms with E-state index in [4.69, 9.17) is 4.74 Å². The fraction of sp³-hybridized carbons (Fsp3) is 0.118. The van der Waals surface area contributed by atoms with Crippen LogP contribution in [0, 0.1) is 10.1 Å². The number of aromatic nitrogens is 2. The van der Waals surface area contributed by atoms with Crippen molar-refractivity contribution < 1.29 is 14.5 Å². The number of nitrogens with one attached hydrogen (secondary N) is 1. The average molecular weight is 370 g/mol. The molecule has 3 aromatic rings. The van der Waals surface area contributed by atoms with Gasteiger partial charge >= 0.3 is 0 Å². The molecule has 1 N–H and O–H groups in total. The lowest BCUT2D eigenvalue weighted by Crippen LogP contribution is -2.23. The van der Waals surface area contributed by atoms with Crippen molar-refractivity contribution in [1.82, 2.24) is 15.3 Å². The summed E-state index contributed by atoms with van der Waals surface area (Å²) in [7, 11) is 0. The van der Waals surface area contributed by atoms with Crippen LogP contribution in [0.5, 0.6) is 5.75 Å². The largest absolute Gasteiger partial charge is 0.486 e. The molecule has 0 radical (unpaired) electrons. The molecule has 0 fully saturated rings. The third-order valence-electron chi connectivity index (χ3n) is 3.40. The van der Waals surface area contributed by atoms with Gasteiger partial charge in [-0.25, -0.2) is 4.98 Å². The number of benzene rings is 1. The molecule has 1 amide bonds. The molecule has 1 aromatic carbocycles. The van der Waals surface area contributed by atoms with E-state index in [1.165, 1.54) is 35.6 Å². The van der Waals surface area contributed by atoms with Gasteiger partial charge in [-0.05, 0) is 29.8 Å². The zero-order valence-corrected chi connectivity index (χ0v) is 14.3. The van der Waals surface area contributed by atoms with Crippen molar-refractivity contribution >= 4 is 22.9 Å². The summed E-state index contributed by atoms with van der Waals surface area (Å²) in [4.78, 5) is 30.4. The van der Waals surface area contributed by atoms with Gasteiger partial charge in [0.2, 0.25) is 0 Å². The summed E-state index contributed by atoms with van der Waals surface area (Å²) in [5, 5.41) is 15.7. The first kappa shape index (κ1) is 17.5. The molecule has 0 aliphatic heterocycles. The molecule has 0 unspecified atom stereocenters. The van der Waals surface area contributed by atoms with Crippen molar-refractivity contribution in [2.45, 2.75) is 13.2 Å². The van der Waals surface area contributed by atoms with Gasteiger partial charge in [-0.1, -0.05) is 0 Å². The number of ether oxygens (including phenoxy) is 1. The molecule has 9 heteroatoms. The van der Waals surface area contributed by atoms with Gasteiger partial charge in [-0.2, -0.15) is 0 Å². The topological polar surface area (TPSA) is 107 Å². The number of nitro groups is 1. The van der Waals surface area contributed by atoms with Gasteiger partial charge in [0.15, 0.2) is 0 Å². The van der Waals surface area contributed by atoms with Crippen LogP contribution in [0.4, 0.5) is 5.69 Å². The molecule has 0 aliphatic rings. The van der Waals surface area contributed by atoms with E-state index in [9.17, 15) is 14.9 Å². The Morgan fingerprint density at radius 1 is 1.19 bits per heavy atom. The molecule has 0 atom stereocenters. The van der Waals surface area contributed by atoms with Crippen LogP contribution >= 0.6 is 11.3 Å². The van der Waals surface area contributed by atoms with Crippen molar-refractivity contribution in [2.24, 2.45) is 0 Å². The predicted octanol–water partition coefficient (Wildman–Crippen LogP) is 2.96. The molecule has 0 saturated heterocycles. The van der Waals surface area contributed by atoms with Gasteiger partial charge < -0.3 is 10.1 Å². The first-order chi connectivity index (χ1) is 12.6. The number of rotatable bonds is 7. The SMILES string of the molecule is O=C(NCc1ccncc1)c1csc(COc2ccc([N+](=O)[O-])cc2)n1. The molecule has 8 nitrogen and oxygen atoms in total. The van der Waals surface area contributed by atoms with E-state index in [1.54, 1.807) is 17.8 Å². The van der Waals surface area contributed by atoms with Crippen molar-refractivity contribution in [2.75, 3.05) is 0 Å². The maximum absolute atomic E-state index is 12.1. The van der Waals surface area contributed by atoms with Gasteiger partial charge in [0, 0.05) is 36.5 Å². The Hall–Kier alpha value is -3.33. The fourth-order valence-corrected chi connectivity index (χ4v) is 2.75. The first-order valence-corrected chi connectivity index (χ1v) is 8.48. The third kappa shape index (κ3) is 4.61. The zero-order chi connectivity index (χ0) is 18.4. The summed E-state index contributed by atoms with van der Waals surface area (Å²) in [6, 6.07) is 9.43. The van der Waals surface area contributed by atoms with E-state index < -0.39 is 4.92 Å². The minimum Gasteiger partial charge on any atom is -0.486 e. The van der Waals surface area contributed by atoms with E-state index in [-0.39, 0.29) is 18.2 Å². The third-order valence-corrected chi connectivity index (χ3v) is 4.22. The summed E-state index contributed by atoms with van der Waals surface area (Å²) >= 11 is 1.31. The summed E-state index contributed by atoms with van der Waals surface area (Å²) in [5.74, 6) is 0.231. The number of hydrogen-bond acceptors (Lipinski definition) is 7. The van der Waals surface area contributed by atoms with Crippen LogP contribution < -0.4 is 10.1 Å². The minimum atomic E-state index is -0.471. The van der Waals surface area contributed by atoms with Gasteiger partial charge in [-0.15, -0.1) is 11.3 Å². The lowest BCUT2D eigenvalue weighted by atomic mass is 10.2. The van der Waals surface area contributed by atoms with E-state index in [0.717, 1.165) is 5.56 Å². The highest BCUT2D eigenvalue weighted by Gasteiger charge is 2.11. The van der Waals surface area contributed by atoms with Crippen LogP contribution in [0.25, 0.3) is 0 Å². The highest BCUT2D eigenvalue weighted by atomic mass is 32.1. The van der Waals surface area contributed by atoms with Crippen molar-refractivity contribution in [3.05, 3.63) is 80.6 Å².